The molecule has 8 heteroatoms. The number of carbonyl (C=O) groups excluding carboxylic acids is 2. The second-order valence-corrected chi connectivity index (χ2v) is 7.35. The molecule has 2 heterocycles. The lowest BCUT2D eigenvalue weighted by atomic mass is 10.1. The summed E-state index contributed by atoms with van der Waals surface area (Å²) in [5.41, 5.74) is 0.435. The van der Waals surface area contributed by atoms with Crippen LogP contribution in [0.3, 0.4) is 0 Å². The molecule has 1 fully saturated rings. The molecule has 1 aromatic carbocycles. The third kappa shape index (κ3) is 3.50. The van der Waals surface area contributed by atoms with Crippen LogP contribution in [0, 0.1) is 11.6 Å². The number of nitrogens with one attached hydrogen (secondary N) is 2. The Labute approximate surface area is 161 Å². The van der Waals surface area contributed by atoms with Gasteiger partial charge in [0.2, 0.25) is 0 Å². The fourth-order valence-electron chi connectivity index (χ4n) is 4.01. The average molecular weight is 388 g/mol. The number of carbonyl (C=O) groups is 2. The zero-order chi connectivity index (χ0) is 19.7. The van der Waals surface area contributed by atoms with Crippen molar-refractivity contribution in [1.82, 2.24) is 14.9 Å². The maximum Gasteiger partial charge on any atom is 0.291 e. The van der Waals surface area contributed by atoms with E-state index in [0.29, 0.717) is 18.7 Å². The van der Waals surface area contributed by atoms with Gasteiger partial charge < -0.3 is 15.2 Å². The fourth-order valence-corrected chi connectivity index (χ4v) is 4.01. The molecule has 2 N–H and O–H groups in total. The van der Waals surface area contributed by atoms with E-state index in [1.54, 1.807) is 4.57 Å². The van der Waals surface area contributed by atoms with Gasteiger partial charge in [-0.3, -0.25) is 9.59 Å². The van der Waals surface area contributed by atoms with Gasteiger partial charge in [0.05, 0.1) is 5.69 Å². The highest BCUT2D eigenvalue weighted by molar-refractivity contribution is 6.03. The summed E-state index contributed by atoms with van der Waals surface area (Å²) in [7, 11) is 0. The minimum absolute atomic E-state index is 0.00826. The lowest BCUT2D eigenvalue weighted by Crippen LogP contribution is -2.33. The number of benzene rings is 1. The lowest BCUT2D eigenvalue weighted by Gasteiger charge is -2.17. The van der Waals surface area contributed by atoms with Gasteiger partial charge in [-0.1, -0.05) is 18.9 Å². The molecule has 148 valence electrons. The summed E-state index contributed by atoms with van der Waals surface area (Å²) < 4.78 is 29.5. The number of amides is 2. The number of rotatable bonds is 4. The summed E-state index contributed by atoms with van der Waals surface area (Å²) in [5, 5.41) is 5.27. The van der Waals surface area contributed by atoms with Crippen molar-refractivity contribution in [2.24, 2.45) is 0 Å². The standard InChI is InChI=1S/C20H22F2N4O2/c21-13-8-5-9-14(22)16(13)25-20(28)18-24-17(15-10-3-4-11-26(15)18)19(27)23-12-6-1-2-7-12/h5,8-9,12H,1-4,6-7,10-11H2,(H,23,27)(H,25,28). The zero-order valence-electron chi connectivity index (χ0n) is 15.4. The van der Waals surface area contributed by atoms with E-state index in [1.165, 1.54) is 6.07 Å². The topological polar surface area (TPSA) is 76.0 Å². The molecule has 1 saturated carbocycles. The highest BCUT2D eigenvalue weighted by Crippen LogP contribution is 2.24. The van der Waals surface area contributed by atoms with Crippen LogP contribution < -0.4 is 10.6 Å². The van der Waals surface area contributed by atoms with Crippen LogP contribution in [0.25, 0.3) is 0 Å². The Morgan fingerprint density at radius 3 is 2.46 bits per heavy atom. The predicted octanol–water partition coefficient (Wildman–Crippen LogP) is 3.42. The van der Waals surface area contributed by atoms with Crippen LogP contribution in [0.2, 0.25) is 0 Å². The molecule has 0 bridgehead atoms. The van der Waals surface area contributed by atoms with Gasteiger partial charge in [-0.2, -0.15) is 0 Å². The molecule has 0 spiro atoms. The third-order valence-electron chi connectivity index (χ3n) is 5.43. The van der Waals surface area contributed by atoms with Crippen LogP contribution >= 0.6 is 0 Å². The maximum absolute atomic E-state index is 13.9. The van der Waals surface area contributed by atoms with E-state index in [2.05, 4.69) is 15.6 Å². The molecule has 0 unspecified atom stereocenters. The molecule has 2 aliphatic rings. The second-order valence-electron chi connectivity index (χ2n) is 7.35. The summed E-state index contributed by atoms with van der Waals surface area (Å²) in [4.78, 5) is 29.7. The van der Waals surface area contributed by atoms with Crippen molar-refractivity contribution in [3.8, 4) is 0 Å². The van der Waals surface area contributed by atoms with Gasteiger partial charge in [-0.05, 0) is 44.2 Å². The summed E-state index contributed by atoms with van der Waals surface area (Å²) in [6, 6.07) is 3.50. The Morgan fingerprint density at radius 1 is 1.04 bits per heavy atom. The maximum atomic E-state index is 13.9. The summed E-state index contributed by atoms with van der Waals surface area (Å²) in [5.74, 6) is -2.73. The summed E-state index contributed by atoms with van der Waals surface area (Å²) >= 11 is 0. The molecule has 1 aromatic heterocycles. The first-order valence-corrected chi connectivity index (χ1v) is 9.70. The van der Waals surface area contributed by atoms with Gasteiger partial charge >= 0.3 is 0 Å². The van der Waals surface area contributed by atoms with E-state index in [0.717, 1.165) is 50.7 Å². The highest BCUT2D eigenvalue weighted by atomic mass is 19.1. The van der Waals surface area contributed by atoms with Gasteiger partial charge in [0.1, 0.15) is 23.0 Å². The molecule has 2 amide bonds. The quantitative estimate of drug-likeness (QED) is 0.843. The van der Waals surface area contributed by atoms with Crippen molar-refractivity contribution < 1.29 is 18.4 Å². The molecular weight excluding hydrogens is 366 g/mol. The van der Waals surface area contributed by atoms with E-state index in [1.807, 2.05) is 0 Å². The number of anilines is 1. The van der Waals surface area contributed by atoms with E-state index < -0.39 is 23.2 Å². The summed E-state index contributed by atoms with van der Waals surface area (Å²) in [6.45, 7) is 0.543. The van der Waals surface area contributed by atoms with Crippen molar-refractivity contribution in [3.63, 3.8) is 0 Å². The highest BCUT2D eigenvalue weighted by Gasteiger charge is 2.29. The van der Waals surface area contributed by atoms with Gasteiger partial charge in [0, 0.05) is 12.6 Å². The monoisotopic (exact) mass is 388 g/mol. The van der Waals surface area contributed by atoms with E-state index in [4.69, 9.17) is 0 Å². The molecular formula is C20H22F2N4O2. The van der Waals surface area contributed by atoms with Crippen molar-refractivity contribution in [2.75, 3.05) is 5.32 Å². The number of fused-ring (bicyclic) bond motifs is 1. The number of hydrogen-bond donors (Lipinski definition) is 2. The zero-order valence-corrected chi connectivity index (χ0v) is 15.4. The summed E-state index contributed by atoms with van der Waals surface area (Å²) in [6.07, 6.45) is 6.47. The minimum atomic E-state index is -0.863. The van der Waals surface area contributed by atoms with Crippen LogP contribution in [-0.2, 0) is 13.0 Å². The van der Waals surface area contributed by atoms with Gasteiger partial charge in [0.15, 0.2) is 5.82 Å². The van der Waals surface area contributed by atoms with Crippen LogP contribution in [0.15, 0.2) is 18.2 Å². The Morgan fingerprint density at radius 2 is 1.75 bits per heavy atom. The van der Waals surface area contributed by atoms with E-state index >= 15 is 0 Å². The molecule has 1 aliphatic carbocycles. The van der Waals surface area contributed by atoms with E-state index in [9.17, 15) is 18.4 Å². The van der Waals surface area contributed by atoms with Gasteiger partial charge in [-0.15, -0.1) is 0 Å². The molecule has 2 aromatic rings. The Balaban J connectivity index is 1.62. The average Bonchev–Trinajstić information content (AvgIpc) is 3.32. The number of nitrogens with zero attached hydrogens (tertiary/aromatic N) is 2. The molecule has 0 saturated heterocycles. The first kappa shape index (κ1) is 18.6. The largest absolute Gasteiger partial charge is 0.348 e. The first-order chi connectivity index (χ1) is 13.5. The van der Waals surface area contributed by atoms with Crippen molar-refractivity contribution >= 4 is 17.5 Å². The number of para-hydroxylation sites is 1. The van der Waals surface area contributed by atoms with Crippen LogP contribution in [0.1, 0.15) is 65.3 Å². The molecule has 4 rings (SSSR count). The molecule has 0 radical (unpaired) electrons. The predicted molar refractivity (Wildman–Crippen MR) is 99.2 cm³/mol. The smallest absolute Gasteiger partial charge is 0.291 e. The first-order valence-electron chi connectivity index (χ1n) is 9.70. The van der Waals surface area contributed by atoms with Crippen LogP contribution in [-0.4, -0.2) is 27.4 Å². The Kier molecular flexibility index (Phi) is 5.11. The Bertz CT molecular complexity index is 899. The molecule has 6 nitrogen and oxygen atoms in total. The fraction of sp³-hybridized carbons (Fsp3) is 0.450. The minimum Gasteiger partial charge on any atom is -0.348 e. The number of hydrogen-bond acceptors (Lipinski definition) is 3. The normalized spacial score (nSPS) is 16.6. The van der Waals surface area contributed by atoms with Crippen LogP contribution in [0.5, 0.6) is 0 Å². The number of imidazole rings is 1. The van der Waals surface area contributed by atoms with Gasteiger partial charge in [-0.25, -0.2) is 13.8 Å². The Hall–Kier alpha value is -2.77. The molecule has 0 atom stereocenters. The number of aromatic nitrogens is 2. The van der Waals surface area contributed by atoms with Crippen LogP contribution in [0.4, 0.5) is 14.5 Å². The second kappa shape index (κ2) is 7.69. The molecule has 1 aliphatic heterocycles. The SMILES string of the molecule is O=C(NC1CCCC1)c1nc(C(=O)Nc2c(F)cccc2F)n2c1CCCC2. The van der Waals surface area contributed by atoms with Crippen molar-refractivity contribution in [2.45, 2.75) is 57.5 Å². The molecule has 28 heavy (non-hydrogen) atoms. The van der Waals surface area contributed by atoms with Gasteiger partial charge in [0.25, 0.3) is 11.8 Å². The number of halogens is 2. The van der Waals surface area contributed by atoms with E-state index in [-0.39, 0.29) is 23.5 Å². The third-order valence-corrected chi connectivity index (χ3v) is 5.43. The lowest BCUT2D eigenvalue weighted by molar-refractivity contribution is 0.0931. The van der Waals surface area contributed by atoms with Crippen molar-refractivity contribution in [3.05, 3.63) is 47.0 Å². The van der Waals surface area contributed by atoms with Crippen molar-refractivity contribution in [1.29, 1.82) is 0 Å².